The van der Waals surface area contributed by atoms with Gasteiger partial charge in [0.05, 0.1) is 37.3 Å². The minimum atomic E-state index is -0.361. The van der Waals surface area contributed by atoms with Crippen LogP contribution in [0.4, 0.5) is 0 Å². The summed E-state index contributed by atoms with van der Waals surface area (Å²) in [5.74, 6) is 1.41. The van der Waals surface area contributed by atoms with Gasteiger partial charge in [-0.25, -0.2) is 0 Å². The Bertz CT molecular complexity index is 1760. The number of esters is 1. The predicted molar refractivity (Wildman–Crippen MR) is 148 cm³/mol. The molecule has 3 aromatic carbocycles. The Labute approximate surface area is 229 Å². The number of rotatable bonds is 7. The van der Waals surface area contributed by atoms with Crippen LogP contribution in [-0.2, 0) is 11.4 Å². The molecule has 3 heterocycles. The molecule has 0 saturated carbocycles. The molecule has 0 unspecified atom stereocenters. The number of carbonyl (C=O) groups is 1. The van der Waals surface area contributed by atoms with E-state index in [1.54, 1.807) is 43.6 Å². The molecule has 8 heteroatoms. The number of methoxy groups -OCH3 is 2. The number of pyridine rings is 1. The summed E-state index contributed by atoms with van der Waals surface area (Å²) in [6.45, 7) is 0.344. The van der Waals surface area contributed by atoms with E-state index in [1.165, 1.54) is 13.4 Å². The number of nitrogens with zero attached hydrogens (tertiary/aromatic N) is 1. The van der Waals surface area contributed by atoms with Crippen molar-refractivity contribution >= 4 is 16.9 Å². The van der Waals surface area contributed by atoms with E-state index in [-0.39, 0.29) is 23.7 Å². The Morgan fingerprint density at radius 3 is 2.50 bits per heavy atom. The van der Waals surface area contributed by atoms with E-state index >= 15 is 0 Å². The number of carbonyl (C=O) groups excluding carboxylic acids is 1. The average molecular weight is 536 g/mol. The zero-order valence-electron chi connectivity index (χ0n) is 21.9. The molecule has 1 aliphatic heterocycles. The first-order chi connectivity index (χ1) is 19.6. The molecule has 0 spiro atoms. The summed E-state index contributed by atoms with van der Waals surface area (Å²) in [4.78, 5) is 30.4. The SMILES string of the molecule is COc1ccc(-c2coc3c4c(ccc3c2=O)OC(=O)C[C@@H]4c2ccc(OCc3ccccn3)cc2)cc1OC. The van der Waals surface area contributed by atoms with Crippen molar-refractivity contribution in [3.63, 3.8) is 0 Å². The Balaban J connectivity index is 1.37. The largest absolute Gasteiger partial charge is 0.493 e. The molecule has 1 atom stereocenters. The molecule has 0 radical (unpaired) electrons. The minimum Gasteiger partial charge on any atom is -0.493 e. The minimum absolute atomic E-state index is 0.112. The van der Waals surface area contributed by atoms with Crippen LogP contribution in [0.15, 0.2) is 94.5 Å². The topological polar surface area (TPSA) is 97.1 Å². The molecule has 0 saturated heterocycles. The maximum atomic E-state index is 13.6. The van der Waals surface area contributed by atoms with Crippen LogP contribution in [0.3, 0.4) is 0 Å². The Hall–Kier alpha value is -5.11. The molecule has 0 N–H and O–H groups in total. The van der Waals surface area contributed by atoms with Gasteiger partial charge in [0.1, 0.15) is 30.0 Å². The van der Waals surface area contributed by atoms with Crippen molar-refractivity contribution in [2.24, 2.45) is 0 Å². The lowest BCUT2D eigenvalue weighted by molar-refractivity contribution is -0.135. The van der Waals surface area contributed by atoms with Crippen LogP contribution in [0.1, 0.15) is 29.2 Å². The third-order valence-electron chi connectivity index (χ3n) is 6.97. The van der Waals surface area contributed by atoms with Gasteiger partial charge in [0.25, 0.3) is 0 Å². The van der Waals surface area contributed by atoms with Crippen LogP contribution in [0.25, 0.3) is 22.1 Å². The molecule has 1 aliphatic rings. The summed E-state index contributed by atoms with van der Waals surface area (Å²) < 4.78 is 28.2. The smallest absolute Gasteiger partial charge is 0.312 e. The van der Waals surface area contributed by atoms with Gasteiger partial charge in [-0.15, -0.1) is 0 Å². The molecular weight excluding hydrogens is 510 g/mol. The average Bonchev–Trinajstić information content (AvgIpc) is 3.00. The van der Waals surface area contributed by atoms with Crippen molar-refractivity contribution in [1.29, 1.82) is 0 Å². The number of aromatic nitrogens is 1. The van der Waals surface area contributed by atoms with Gasteiger partial charge in [-0.1, -0.05) is 24.3 Å². The molecule has 40 heavy (non-hydrogen) atoms. The van der Waals surface area contributed by atoms with E-state index in [1.807, 2.05) is 42.5 Å². The van der Waals surface area contributed by atoms with Crippen molar-refractivity contribution in [1.82, 2.24) is 4.98 Å². The van der Waals surface area contributed by atoms with E-state index in [0.29, 0.717) is 57.3 Å². The van der Waals surface area contributed by atoms with Crippen LogP contribution in [-0.4, -0.2) is 25.2 Å². The van der Waals surface area contributed by atoms with E-state index in [0.717, 1.165) is 11.3 Å². The van der Waals surface area contributed by atoms with Gasteiger partial charge in [0.2, 0.25) is 5.43 Å². The third kappa shape index (κ3) is 4.64. The maximum absolute atomic E-state index is 13.6. The van der Waals surface area contributed by atoms with E-state index in [9.17, 15) is 9.59 Å². The monoisotopic (exact) mass is 535 g/mol. The Morgan fingerprint density at radius 1 is 0.925 bits per heavy atom. The van der Waals surface area contributed by atoms with Crippen molar-refractivity contribution in [2.45, 2.75) is 18.9 Å². The van der Waals surface area contributed by atoms with Gasteiger partial charge in [0, 0.05) is 17.7 Å². The molecule has 0 fully saturated rings. The summed E-state index contributed by atoms with van der Waals surface area (Å²) in [5, 5.41) is 0.393. The number of fused-ring (bicyclic) bond motifs is 3. The molecule has 0 amide bonds. The van der Waals surface area contributed by atoms with Gasteiger partial charge in [-0.2, -0.15) is 0 Å². The van der Waals surface area contributed by atoms with Crippen LogP contribution in [0, 0.1) is 0 Å². The van der Waals surface area contributed by atoms with Crippen molar-refractivity contribution < 1.29 is 28.2 Å². The van der Waals surface area contributed by atoms with Gasteiger partial charge < -0.3 is 23.4 Å². The fraction of sp³-hybridized carbons (Fsp3) is 0.156. The van der Waals surface area contributed by atoms with Crippen LogP contribution < -0.4 is 24.4 Å². The summed E-state index contributed by atoms with van der Waals surface area (Å²) in [6.07, 6.45) is 3.27. The van der Waals surface area contributed by atoms with E-state index in [2.05, 4.69) is 4.98 Å². The molecular formula is C32H25NO7. The summed E-state index contributed by atoms with van der Waals surface area (Å²) in [7, 11) is 3.09. The quantitative estimate of drug-likeness (QED) is 0.188. The predicted octanol–water partition coefficient (Wildman–Crippen LogP) is 5.89. The highest BCUT2D eigenvalue weighted by Crippen LogP contribution is 2.43. The molecule has 0 aliphatic carbocycles. The summed E-state index contributed by atoms with van der Waals surface area (Å²) in [5.41, 5.74) is 3.56. The molecule has 200 valence electrons. The number of ether oxygens (including phenoxy) is 4. The van der Waals surface area contributed by atoms with E-state index < -0.39 is 0 Å². The highest BCUT2D eigenvalue weighted by atomic mass is 16.5. The Kier molecular flexibility index (Phi) is 6.66. The lowest BCUT2D eigenvalue weighted by Gasteiger charge is -2.25. The first-order valence-electron chi connectivity index (χ1n) is 12.7. The maximum Gasteiger partial charge on any atom is 0.312 e. The van der Waals surface area contributed by atoms with Crippen LogP contribution in [0.5, 0.6) is 23.0 Å². The first kappa shape index (κ1) is 25.2. The zero-order chi connectivity index (χ0) is 27.6. The first-order valence-corrected chi connectivity index (χ1v) is 12.7. The van der Waals surface area contributed by atoms with Gasteiger partial charge in [0.15, 0.2) is 11.5 Å². The lowest BCUT2D eigenvalue weighted by atomic mass is 9.85. The number of benzene rings is 3. The second-order valence-corrected chi connectivity index (χ2v) is 9.31. The zero-order valence-corrected chi connectivity index (χ0v) is 21.9. The fourth-order valence-electron chi connectivity index (χ4n) is 4.98. The van der Waals surface area contributed by atoms with Gasteiger partial charge >= 0.3 is 5.97 Å². The van der Waals surface area contributed by atoms with Crippen molar-refractivity contribution in [2.75, 3.05) is 14.2 Å². The van der Waals surface area contributed by atoms with Gasteiger partial charge in [-0.05, 0) is 59.7 Å². The highest BCUT2D eigenvalue weighted by molar-refractivity contribution is 5.90. The fourth-order valence-corrected chi connectivity index (χ4v) is 4.98. The van der Waals surface area contributed by atoms with E-state index in [4.69, 9.17) is 23.4 Å². The molecule has 5 aromatic rings. The molecule has 0 bridgehead atoms. The third-order valence-corrected chi connectivity index (χ3v) is 6.97. The van der Waals surface area contributed by atoms with Crippen LogP contribution >= 0.6 is 0 Å². The molecule has 6 rings (SSSR count). The standard InChI is InChI=1S/C32H25NO7/c1-36-26-12-8-20(15-28(26)37-2)25-18-39-32-23(31(25)35)11-13-27-30(32)24(16-29(34)40-27)19-6-9-22(10-7-19)38-17-21-5-3-4-14-33-21/h3-15,18,24H,16-17H2,1-2H3/t24-/m1/s1. The van der Waals surface area contributed by atoms with Crippen molar-refractivity contribution in [3.05, 3.63) is 112 Å². The second-order valence-electron chi connectivity index (χ2n) is 9.31. The molecule has 2 aromatic heterocycles. The summed E-state index contributed by atoms with van der Waals surface area (Å²) in [6, 6.07) is 21.7. The van der Waals surface area contributed by atoms with Crippen molar-refractivity contribution in [3.8, 4) is 34.1 Å². The summed E-state index contributed by atoms with van der Waals surface area (Å²) >= 11 is 0. The molecule has 8 nitrogen and oxygen atoms in total. The lowest BCUT2D eigenvalue weighted by Crippen LogP contribution is -2.22. The highest BCUT2D eigenvalue weighted by Gasteiger charge is 2.32. The second kappa shape index (κ2) is 10.6. The number of hydrogen-bond acceptors (Lipinski definition) is 8. The number of hydrogen-bond donors (Lipinski definition) is 0. The normalized spacial score (nSPS) is 14.3. The van der Waals surface area contributed by atoms with Gasteiger partial charge in [-0.3, -0.25) is 14.6 Å². The van der Waals surface area contributed by atoms with Crippen LogP contribution in [0.2, 0.25) is 0 Å². The Morgan fingerprint density at radius 2 is 1.75 bits per heavy atom.